The Kier molecular flexibility index (Phi) is 7.79. The van der Waals surface area contributed by atoms with Gasteiger partial charge in [0.2, 0.25) is 5.91 Å². The van der Waals surface area contributed by atoms with Gasteiger partial charge in [-0.25, -0.2) is 0 Å². The van der Waals surface area contributed by atoms with Crippen molar-refractivity contribution < 1.29 is 24.2 Å². The number of aliphatic hydroxyl groups is 1. The fraction of sp³-hybridized carbons (Fsp3) is 0.771. The minimum absolute atomic E-state index is 0.0260. The van der Waals surface area contributed by atoms with Gasteiger partial charge in [0, 0.05) is 49.4 Å². The Labute approximate surface area is 251 Å². The zero-order chi connectivity index (χ0) is 29.0. The van der Waals surface area contributed by atoms with Crippen LogP contribution in [0.4, 0.5) is 0 Å². The molecule has 1 aromatic rings. The van der Waals surface area contributed by atoms with Crippen molar-refractivity contribution in [3.05, 3.63) is 23.3 Å². The van der Waals surface area contributed by atoms with Gasteiger partial charge in [-0.2, -0.15) is 0 Å². The van der Waals surface area contributed by atoms with Crippen molar-refractivity contribution in [2.45, 2.75) is 133 Å². The number of unbranched alkanes of at least 4 members (excludes halogenated alkanes) is 1. The molecule has 2 unspecified atom stereocenters. The van der Waals surface area contributed by atoms with E-state index in [9.17, 15) is 14.7 Å². The van der Waals surface area contributed by atoms with Crippen LogP contribution in [0.5, 0.6) is 11.5 Å². The molecule has 7 heteroatoms. The molecule has 7 atom stereocenters. The van der Waals surface area contributed by atoms with Crippen molar-refractivity contribution >= 4 is 11.9 Å². The fourth-order valence-corrected chi connectivity index (χ4v) is 10.0. The summed E-state index contributed by atoms with van der Waals surface area (Å²) < 4.78 is 12.7. The van der Waals surface area contributed by atoms with Crippen LogP contribution >= 0.6 is 0 Å². The molecule has 2 bridgehead atoms. The Hall–Kier alpha value is -2.12. The van der Waals surface area contributed by atoms with Gasteiger partial charge in [-0.1, -0.05) is 51.0 Å². The number of likely N-dealkylation sites (tertiary alicyclic amines) is 1. The van der Waals surface area contributed by atoms with Crippen LogP contribution in [0.2, 0.25) is 0 Å². The summed E-state index contributed by atoms with van der Waals surface area (Å²) in [4.78, 5) is 30.7. The number of esters is 1. The molecule has 4 fully saturated rings. The lowest BCUT2D eigenvalue weighted by molar-refractivity contribution is -0.142. The van der Waals surface area contributed by atoms with Crippen molar-refractivity contribution in [3.8, 4) is 11.5 Å². The number of ether oxygens (including phenoxy) is 2. The second-order valence-electron chi connectivity index (χ2n) is 14.4. The average Bonchev–Trinajstić information content (AvgIpc) is 3.56. The molecule has 1 spiro atoms. The molecule has 1 saturated heterocycles. The van der Waals surface area contributed by atoms with E-state index in [2.05, 4.69) is 22.8 Å². The molecule has 42 heavy (non-hydrogen) atoms. The molecule has 7 nitrogen and oxygen atoms in total. The maximum Gasteiger partial charge on any atom is 0.308 e. The molecule has 0 aromatic heterocycles. The van der Waals surface area contributed by atoms with Crippen LogP contribution in [0.15, 0.2) is 12.1 Å². The number of aliphatic hydroxyl groups excluding tert-OH is 1. The molecular weight excluding hydrogens is 528 g/mol. The van der Waals surface area contributed by atoms with Crippen LogP contribution in [0, 0.1) is 17.8 Å². The second-order valence-corrected chi connectivity index (χ2v) is 14.4. The van der Waals surface area contributed by atoms with Crippen LogP contribution in [0.25, 0.3) is 0 Å². The SMILES string of the molecule is CCN(C(=O)CCCCC1CCCCC1)[C@@H]1CC[C@H]2[C@H]3Cc4ccc(OC(C)=O)c5c4[C@@]2(CCN3CC2CC2O)[C@H]1O5. The highest BCUT2D eigenvalue weighted by Crippen LogP contribution is 2.64. The second kappa shape index (κ2) is 11.4. The Morgan fingerprint density at radius 2 is 1.95 bits per heavy atom. The van der Waals surface area contributed by atoms with E-state index in [4.69, 9.17) is 9.47 Å². The largest absolute Gasteiger partial charge is 0.483 e. The standard InChI is InChI=1S/C35H50N2O5/c1-3-37(31(40)12-8-7-11-23-9-5-4-6-10-23)27-15-14-26-28-19-24-13-16-30(41-22(2)38)33-32(24)35(26,34(27)42-33)17-18-36(28)21-25-20-29(25)39/h13,16,23,25-29,34,39H,3-12,14-15,17-21H2,1-2H3/t25?,26-,27+,28+,29?,34-,35-/m0/s1. The Morgan fingerprint density at radius 3 is 2.69 bits per heavy atom. The Bertz CT molecular complexity index is 1200. The van der Waals surface area contributed by atoms with E-state index in [1.165, 1.54) is 56.6 Å². The number of carbonyl (C=O) groups excluding carboxylic acids is 2. The van der Waals surface area contributed by atoms with Crippen LogP contribution in [-0.2, 0) is 21.4 Å². The molecule has 2 aliphatic heterocycles. The first-order valence-corrected chi connectivity index (χ1v) is 17.1. The third-order valence-corrected chi connectivity index (χ3v) is 12.0. The average molecular weight is 579 g/mol. The summed E-state index contributed by atoms with van der Waals surface area (Å²) in [5.74, 6) is 2.93. The number of benzene rings is 1. The van der Waals surface area contributed by atoms with E-state index in [-0.39, 0.29) is 35.5 Å². The van der Waals surface area contributed by atoms with Gasteiger partial charge in [0.25, 0.3) is 0 Å². The number of likely N-dealkylation sites (N-methyl/N-ethyl adjacent to an activating group) is 1. The lowest BCUT2D eigenvalue weighted by Gasteiger charge is -2.60. The molecule has 1 N–H and O–H groups in total. The topological polar surface area (TPSA) is 79.3 Å². The van der Waals surface area contributed by atoms with E-state index in [0.717, 1.165) is 69.7 Å². The maximum atomic E-state index is 13.8. The van der Waals surface area contributed by atoms with E-state index < -0.39 is 0 Å². The number of rotatable bonds is 10. The predicted molar refractivity (Wildman–Crippen MR) is 161 cm³/mol. The van der Waals surface area contributed by atoms with Gasteiger partial charge in [-0.05, 0) is 75.5 Å². The minimum Gasteiger partial charge on any atom is -0.483 e. The van der Waals surface area contributed by atoms with E-state index in [0.29, 0.717) is 36.6 Å². The van der Waals surface area contributed by atoms with Crippen molar-refractivity contribution in [1.82, 2.24) is 9.80 Å². The Morgan fingerprint density at radius 1 is 1.14 bits per heavy atom. The molecule has 3 saturated carbocycles. The van der Waals surface area contributed by atoms with Crippen molar-refractivity contribution in [1.29, 1.82) is 0 Å². The summed E-state index contributed by atoms with van der Waals surface area (Å²) >= 11 is 0. The van der Waals surface area contributed by atoms with Gasteiger partial charge < -0.3 is 19.5 Å². The van der Waals surface area contributed by atoms with Gasteiger partial charge in [0.1, 0.15) is 6.10 Å². The third kappa shape index (κ3) is 4.87. The summed E-state index contributed by atoms with van der Waals surface area (Å²) in [5.41, 5.74) is 2.41. The van der Waals surface area contributed by atoms with Gasteiger partial charge in [0.15, 0.2) is 11.5 Å². The molecule has 7 rings (SSSR count). The van der Waals surface area contributed by atoms with E-state index in [1.807, 2.05) is 6.07 Å². The molecule has 6 aliphatic rings. The van der Waals surface area contributed by atoms with Crippen LogP contribution in [-0.4, -0.2) is 70.7 Å². The Balaban J connectivity index is 1.14. The zero-order valence-electron chi connectivity index (χ0n) is 25.7. The first kappa shape index (κ1) is 28.6. The highest BCUT2D eigenvalue weighted by atomic mass is 16.6. The number of carbonyl (C=O) groups is 2. The fourth-order valence-electron chi connectivity index (χ4n) is 10.0. The number of piperidine rings is 1. The zero-order valence-corrected chi connectivity index (χ0v) is 25.7. The minimum atomic E-state index is -0.333. The monoisotopic (exact) mass is 578 g/mol. The summed E-state index contributed by atoms with van der Waals surface area (Å²) in [6, 6.07) is 4.51. The quantitative estimate of drug-likeness (QED) is 0.228. The normalized spacial score (nSPS) is 34.8. The number of nitrogens with zero attached hydrogens (tertiary/aromatic N) is 2. The molecule has 0 radical (unpaired) electrons. The number of hydrogen-bond acceptors (Lipinski definition) is 6. The maximum absolute atomic E-state index is 13.8. The highest BCUT2D eigenvalue weighted by Gasteiger charge is 2.67. The molecule has 2 heterocycles. The van der Waals surface area contributed by atoms with Crippen molar-refractivity contribution in [2.75, 3.05) is 19.6 Å². The smallest absolute Gasteiger partial charge is 0.308 e. The molecule has 1 aromatic carbocycles. The van der Waals surface area contributed by atoms with Crippen LogP contribution in [0.1, 0.15) is 108 Å². The van der Waals surface area contributed by atoms with Gasteiger partial charge in [-0.15, -0.1) is 0 Å². The highest BCUT2D eigenvalue weighted by molar-refractivity contribution is 5.77. The summed E-state index contributed by atoms with van der Waals surface area (Å²) in [6.07, 6.45) is 15.5. The van der Waals surface area contributed by atoms with Gasteiger partial charge in [-0.3, -0.25) is 14.5 Å². The number of amides is 1. The first-order valence-electron chi connectivity index (χ1n) is 17.1. The molecule has 230 valence electrons. The van der Waals surface area contributed by atoms with Crippen LogP contribution < -0.4 is 9.47 Å². The molecular formula is C35H50N2O5. The van der Waals surface area contributed by atoms with Crippen molar-refractivity contribution in [3.63, 3.8) is 0 Å². The van der Waals surface area contributed by atoms with E-state index in [1.54, 1.807) is 0 Å². The first-order chi connectivity index (χ1) is 20.4. The predicted octanol–water partition coefficient (Wildman–Crippen LogP) is 5.39. The lowest BCUT2D eigenvalue weighted by Crippen LogP contribution is -2.69. The van der Waals surface area contributed by atoms with Gasteiger partial charge in [0.05, 0.1) is 12.1 Å². The lowest BCUT2D eigenvalue weighted by atomic mass is 9.51. The van der Waals surface area contributed by atoms with Gasteiger partial charge >= 0.3 is 5.97 Å². The molecule has 4 aliphatic carbocycles. The van der Waals surface area contributed by atoms with Crippen LogP contribution in [0.3, 0.4) is 0 Å². The van der Waals surface area contributed by atoms with E-state index >= 15 is 0 Å². The molecule has 1 amide bonds. The number of hydrogen-bond donors (Lipinski definition) is 1. The third-order valence-electron chi connectivity index (χ3n) is 12.0. The summed E-state index contributed by atoms with van der Waals surface area (Å²) in [5, 5.41) is 10.1. The summed E-state index contributed by atoms with van der Waals surface area (Å²) in [7, 11) is 0. The summed E-state index contributed by atoms with van der Waals surface area (Å²) in [6.45, 7) is 6.22. The van der Waals surface area contributed by atoms with Crippen molar-refractivity contribution in [2.24, 2.45) is 17.8 Å².